The standard InChI is InChI=1S/C13H8BrClFNO2/c14-9-3-1-8(2-4-9)7-19-13(18)11-5-10(16)6-17-12(11)15/h1-6H,7H2. The maximum atomic E-state index is 13.0. The van der Waals surface area contributed by atoms with Crippen LogP contribution in [0.2, 0.25) is 5.15 Å². The zero-order valence-electron chi connectivity index (χ0n) is 9.57. The molecule has 0 spiro atoms. The van der Waals surface area contributed by atoms with E-state index < -0.39 is 11.8 Å². The number of rotatable bonds is 3. The first kappa shape index (κ1) is 14.0. The Bertz CT molecular complexity index is 604. The summed E-state index contributed by atoms with van der Waals surface area (Å²) >= 11 is 9.01. The van der Waals surface area contributed by atoms with Crippen LogP contribution in [0.25, 0.3) is 0 Å². The van der Waals surface area contributed by atoms with Gasteiger partial charge in [0.15, 0.2) is 0 Å². The number of ether oxygens (including phenoxy) is 1. The van der Waals surface area contributed by atoms with Crippen molar-refractivity contribution in [1.29, 1.82) is 0 Å². The van der Waals surface area contributed by atoms with Crippen molar-refractivity contribution in [1.82, 2.24) is 4.98 Å². The predicted octanol–water partition coefficient (Wildman–Crippen LogP) is 3.99. The van der Waals surface area contributed by atoms with Gasteiger partial charge in [-0.25, -0.2) is 14.2 Å². The topological polar surface area (TPSA) is 39.2 Å². The smallest absolute Gasteiger partial charge is 0.341 e. The molecule has 0 fully saturated rings. The van der Waals surface area contributed by atoms with Gasteiger partial charge in [0.25, 0.3) is 0 Å². The maximum absolute atomic E-state index is 13.0. The number of benzene rings is 1. The number of hydrogen-bond donors (Lipinski definition) is 0. The molecule has 0 saturated carbocycles. The number of halogens is 3. The molecule has 0 unspecified atom stereocenters. The van der Waals surface area contributed by atoms with E-state index in [0.717, 1.165) is 22.3 Å². The van der Waals surface area contributed by atoms with Gasteiger partial charge >= 0.3 is 5.97 Å². The molecule has 0 amide bonds. The van der Waals surface area contributed by atoms with E-state index in [1.165, 1.54) is 0 Å². The Hall–Kier alpha value is -1.46. The number of carbonyl (C=O) groups excluding carboxylic acids is 1. The highest BCUT2D eigenvalue weighted by atomic mass is 79.9. The Kier molecular flexibility index (Phi) is 4.50. The van der Waals surface area contributed by atoms with Crippen LogP contribution in [-0.4, -0.2) is 11.0 Å². The Balaban J connectivity index is 2.05. The van der Waals surface area contributed by atoms with Gasteiger partial charge in [0.1, 0.15) is 17.6 Å². The van der Waals surface area contributed by atoms with Gasteiger partial charge < -0.3 is 4.74 Å². The van der Waals surface area contributed by atoms with Crippen molar-refractivity contribution in [3.05, 3.63) is 63.1 Å². The number of pyridine rings is 1. The van der Waals surface area contributed by atoms with Crippen molar-refractivity contribution in [2.75, 3.05) is 0 Å². The molecule has 0 bridgehead atoms. The van der Waals surface area contributed by atoms with Crippen LogP contribution in [0.5, 0.6) is 0 Å². The summed E-state index contributed by atoms with van der Waals surface area (Å²) in [7, 11) is 0. The van der Waals surface area contributed by atoms with Crippen LogP contribution >= 0.6 is 27.5 Å². The molecular weight excluding hydrogens is 337 g/mol. The lowest BCUT2D eigenvalue weighted by Gasteiger charge is -2.06. The van der Waals surface area contributed by atoms with Crippen LogP contribution in [0.3, 0.4) is 0 Å². The molecule has 2 rings (SSSR count). The maximum Gasteiger partial charge on any atom is 0.341 e. The summed E-state index contributed by atoms with van der Waals surface area (Å²) in [6.07, 6.45) is 0.938. The van der Waals surface area contributed by atoms with E-state index in [9.17, 15) is 9.18 Å². The van der Waals surface area contributed by atoms with Crippen LogP contribution in [0.15, 0.2) is 41.0 Å². The monoisotopic (exact) mass is 343 g/mol. The summed E-state index contributed by atoms with van der Waals surface area (Å²) in [5.41, 5.74) is 0.732. The van der Waals surface area contributed by atoms with E-state index in [1.54, 1.807) is 0 Å². The van der Waals surface area contributed by atoms with E-state index in [0.29, 0.717) is 0 Å². The van der Waals surface area contributed by atoms with Crippen molar-refractivity contribution < 1.29 is 13.9 Å². The molecular formula is C13H8BrClFNO2. The van der Waals surface area contributed by atoms with Gasteiger partial charge in [-0.3, -0.25) is 0 Å². The normalized spacial score (nSPS) is 10.3. The molecule has 0 aliphatic heterocycles. The summed E-state index contributed by atoms with van der Waals surface area (Å²) < 4.78 is 19.0. The molecule has 1 heterocycles. The minimum absolute atomic E-state index is 0.0813. The molecule has 0 aliphatic rings. The molecule has 0 N–H and O–H groups in total. The highest BCUT2D eigenvalue weighted by molar-refractivity contribution is 9.10. The van der Waals surface area contributed by atoms with Crippen molar-refractivity contribution in [3.63, 3.8) is 0 Å². The first-order valence-corrected chi connectivity index (χ1v) is 6.46. The zero-order chi connectivity index (χ0) is 13.8. The van der Waals surface area contributed by atoms with Crippen LogP contribution in [0.1, 0.15) is 15.9 Å². The lowest BCUT2D eigenvalue weighted by molar-refractivity contribution is 0.0472. The zero-order valence-corrected chi connectivity index (χ0v) is 11.9. The molecule has 3 nitrogen and oxygen atoms in total. The third-order valence-corrected chi connectivity index (χ3v) is 3.14. The molecule has 2 aromatic rings. The third-order valence-electron chi connectivity index (χ3n) is 2.31. The number of esters is 1. The van der Waals surface area contributed by atoms with Gasteiger partial charge in [-0.1, -0.05) is 39.7 Å². The van der Waals surface area contributed by atoms with Crippen LogP contribution in [-0.2, 0) is 11.3 Å². The van der Waals surface area contributed by atoms with Crippen molar-refractivity contribution in [3.8, 4) is 0 Å². The average molecular weight is 345 g/mol. The predicted molar refractivity (Wildman–Crippen MR) is 72.5 cm³/mol. The molecule has 98 valence electrons. The van der Waals surface area contributed by atoms with E-state index in [-0.39, 0.29) is 17.3 Å². The van der Waals surface area contributed by atoms with Gasteiger partial charge in [0.05, 0.1) is 11.8 Å². The van der Waals surface area contributed by atoms with Gasteiger partial charge in [-0.2, -0.15) is 0 Å². The van der Waals surface area contributed by atoms with Gasteiger partial charge in [-0.15, -0.1) is 0 Å². The number of aromatic nitrogens is 1. The molecule has 1 aromatic heterocycles. The third kappa shape index (κ3) is 3.75. The van der Waals surface area contributed by atoms with E-state index in [1.807, 2.05) is 24.3 Å². The minimum Gasteiger partial charge on any atom is -0.457 e. The summed E-state index contributed by atoms with van der Waals surface area (Å²) in [5.74, 6) is -1.35. The van der Waals surface area contributed by atoms with E-state index in [2.05, 4.69) is 20.9 Å². The van der Waals surface area contributed by atoms with Crippen molar-refractivity contribution >= 4 is 33.5 Å². The largest absolute Gasteiger partial charge is 0.457 e. The molecule has 0 atom stereocenters. The first-order chi connectivity index (χ1) is 9.06. The summed E-state index contributed by atoms with van der Waals surface area (Å²) in [6, 6.07) is 8.28. The second kappa shape index (κ2) is 6.12. The summed E-state index contributed by atoms with van der Waals surface area (Å²) in [6.45, 7) is 0.0823. The molecule has 0 aliphatic carbocycles. The highest BCUT2D eigenvalue weighted by Crippen LogP contribution is 2.16. The van der Waals surface area contributed by atoms with Crippen molar-refractivity contribution in [2.24, 2.45) is 0 Å². The Morgan fingerprint density at radius 3 is 2.74 bits per heavy atom. The lowest BCUT2D eigenvalue weighted by Crippen LogP contribution is -2.07. The number of nitrogens with zero attached hydrogens (tertiary/aromatic N) is 1. The fraction of sp³-hybridized carbons (Fsp3) is 0.0769. The van der Waals surface area contributed by atoms with Gasteiger partial charge in [0, 0.05) is 4.47 Å². The Morgan fingerprint density at radius 2 is 2.05 bits per heavy atom. The Morgan fingerprint density at radius 1 is 1.37 bits per heavy atom. The van der Waals surface area contributed by atoms with E-state index in [4.69, 9.17) is 16.3 Å². The average Bonchev–Trinajstić information content (AvgIpc) is 2.40. The fourth-order valence-electron chi connectivity index (χ4n) is 1.37. The number of carbonyl (C=O) groups is 1. The lowest BCUT2D eigenvalue weighted by atomic mass is 10.2. The van der Waals surface area contributed by atoms with E-state index >= 15 is 0 Å². The van der Waals surface area contributed by atoms with Gasteiger partial charge in [0.2, 0.25) is 0 Å². The SMILES string of the molecule is O=C(OCc1ccc(Br)cc1)c1cc(F)cnc1Cl. The molecule has 1 aromatic carbocycles. The second-order valence-electron chi connectivity index (χ2n) is 3.69. The first-order valence-electron chi connectivity index (χ1n) is 5.29. The van der Waals surface area contributed by atoms with Crippen LogP contribution in [0.4, 0.5) is 4.39 Å². The number of hydrogen-bond acceptors (Lipinski definition) is 3. The van der Waals surface area contributed by atoms with Crippen molar-refractivity contribution in [2.45, 2.75) is 6.61 Å². The molecule has 6 heteroatoms. The van der Waals surface area contributed by atoms with Crippen LogP contribution in [0, 0.1) is 5.82 Å². The van der Waals surface area contributed by atoms with Crippen LogP contribution < -0.4 is 0 Å². The van der Waals surface area contributed by atoms with Gasteiger partial charge in [-0.05, 0) is 23.8 Å². The molecule has 0 saturated heterocycles. The minimum atomic E-state index is -0.708. The second-order valence-corrected chi connectivity index (χ2v) is 4.97. The fourth-order valence-corrected chi connectivity index (χ4v) is 1.82. The summed E-state index contributed by atoms with van der Waals surface area (Å²) in [4.78, 5) is 15.3. The Labute approximate surface area is 122 Å². The molecule has 19 heavy (non-hydrogen) atoms. The quantitative estimate of drug-likeness (QED) is 0.624. The molecule has 0 radical (unpaired) electrons. The summed E-state index contributed by atoms with van der Waals surface area (Å²) in [5, 5.41) is -0.0813. The highest BCUT2D eigenvalue weighted by Gasteiger charge is 2.14.